The van der Waals surface area contributed by atoms with Crippen LogP contribution < -0.4 is 5.43 Å². The van der Waals surface area contributed by atoms with Gasteiger partial charge >= 0.3 is 0 Å². The van der Waals surface area contributed by atoms with Gasteiger partial charge < -0.3 is 5.11 Å². The Kier molecular flexibility index (Phi) is 7.42. The molecular weight excluding hydrogens is 638 g/mol. The van der Waals surface area contributed by atoms with Crippen LogP contribution in [0.4, 0.5) is 5.69 Å². The molecule has 2 saturated heterocycles. The zero-order valence-electron chi connectivity index (χ0n) is 28.6. The molecule has 2 aliphatic heterocycles. The summed E-state index contributed by atoms with van der Waals surface area (Å²) in [5, 5.41) is 14.8. The smallest absolute Gasteiger partial charge is 0.260 e. The zero-order chi connectivity index (χ0) is 35.0. The third kappa shape index (κ3) is 4.57. The predicted octanol–water partition coefficient (Wildman–Crippen LogP) is 7.17. The van der Waals surface area contributed by atoms with E-state index in [-0.39, 0.29) is 35.9 Å². The maximum atomic E-state index is 15.5. The first kappa shape index (κ1) is 31.7. The number of aromatic hydroxyl groups is 1. The first-order valence-corrected chi connectivity index (χ1v) is 18.4. The summed E-state index contributed by atoms with van der Waals surface area (Å²) in [7, 11) is 0. The van der Waals surface area contributed by atoms with Crippen molar-refractivity contribution in [2.45, 2.75) is 69.2 Å². The lowest BCUT2D eigenvalue weighted by molar-refractivity contribution is -0.144. The van der Waals surface area contributed by atoms with Crippen molar-refractivity contribution in [1.29, 1.82) is 0 Å². The SMILES string of the molecule is Cc1ccc(NN2C(=O)C3CC4C(=CCC5C(=O)N(C6CCCCC6)C(=O)C54)C(c4c(O)ccc5ccccc45)C3(c3ccccc3)C2=O)cc1. The molecule has 0 radical (unpaired) electrons. The molecule has 0 spiro atoms. The van der Waals surface area contributed by atoms with Crippen LogP contribution in [0, 0.1) is 30.6 Å². The Labute approximate surface area is 297 Å². The fourth-order valence-corrected chi connectivity index (χ4v) is 10.4. The predicted molar refractivity (Wildman–Crippen MR) is 193 cm³/mol. The van der Waals surface area contributed by atoms with Crippen LogP contribution in [0.5, 0.6) is 5.75 Å². The van der Waals surface area contributed by atoms with Crippen molar-refractivity contribution in [3.05, 3.63) is 119 Å². The molecule has 0 aromatic heterocycles. The van der Waals surface area contributed by atoms with E-state index in [0.717, 1.165) is 54.0 Å². The van der Waals surface area contributed by atoms with E-state index >= 15 is 4.79 Å². The molecule has 2 heterocycles. The Morgan fingerprint density at radius 2 is 1.49 bits per heavy atom. The van der Waals surface area contributed by atoms with Gasteiger partial charge in [-0.15, -0.1) is 0 Å². The third-order valence-corrected chi connectivity index (χ3v) is 12.6. The van der Waals surface area contributed by atoms with E-state index in [2.05, 4.69) is 11.5 Å². The number of hydrogen-bond acceptors (Lipinski definition) is 6. The second-order valence-electron chi connectivity index (χ2n) is 15.1. The van der Waals surface area contributed by atoms with Gasteiger partial charge in [0.2, 0.25) is 11.8 Å². The molecule has 8 nitrogen and oxygen atoms in total. The molecule has 258 valence electrons. The lowest BCUT2D eigenvalue weighted by Gasteiger charge is -2.51. The maximum Gasteiger partial charge on any atom is 0.260 e. The van der Waals surface area contributed by atoms with E-state index in [1.807, 2.05) is 91.9 Å². The molecule has 8 heteroatoms. The quantitative estimate of drug-likeness (QED) is 0.171. The topological polar surface area (TPSA) is 107 Å². The minimum atomic E-state index is -1.44. The second kappa shape index (κ2) is 11.9. The van der Waals surface area contributed by atoms with Crippen LogP contribution in [-0.4, -0.2) is 44.7 Å². The van der Waals surface area contributed by atoms with Gasteiger partial charge in [-0.2, -0.15) is 5.01 Å². The molecule has 0 bridgehead atoms. The number of phenolic OH excluding ortho intramolecular Hbond substituents is 1. The average Bonchev–Trinajstić information content (AvgIpc) is 3.54. The number of imide groups is 2. The van der Waals surface area contributed by atoms with Crippen molar-refractivity contribution in [2.24, 2.45) is 23.7 Å². The van der Waals surface area contributed by atoms with Crippen LogP contribution in [0.1, 0.15) is 67.6 Å². The number of amides is 4. The molecule has 5 aliphatic rings. The van der Waals surface area contributed by atoms with Crippen molar-refractivity contribution >= 4 is 40.1 Å². The van der Waals surface area contributed by atoms with Gasteiger partial charge in [-0.25, -0.2) is 0 Å². The summed E-state index contributed by atoms with van der Waals surface area (Å²) in [5.41, 5.74) is 5.46. The minimum Gasteiger partial charge on any atom is -0.508 e. The third-order valence-electron chi connectivity index (χ3n) is 12.6. The maximum absolute atomic E-state index is 15.5. The Bertz CT molecular complexity index is 2120. The fourth-order valence-electron chi connectivity index (χ4n) is 10.4. The lowest BCUT2D eigenvalue weighted by Crippen LogP contribution is -2.53. The largest absolute Gasteiger partial charge is 0.508 e. The number of hydrogen-bond donors (Lipinski definition) is 2. The molecule has 4 aromatic carbocycles. The Morgan fingerprint density at radius 3 is 2.25 bits per heavy atom. The van der Waals surface area contributed by atoms with Gasteiger partial charge in [-0.1, -0.05) is 109 Å². The molecule has 2 saturated carbocycles. The summed E-state index contributed by atoms with van der Waals surface area (Å²) in [6.45, 7) is 1.98. The van der Waals surface area contributed by atoms with E-state index < -0.39 is 40.9 Å². The number of allylic oxidation sites excluding steroid dienone is 2. The molecule has 6 unspecified atom stereocenters. The highest BCUT2D eigenvalue weighted by Gasteiger charge is 2.71. The first-order valence-electron chi connectivity index (χ1n) is 18.4. The molecule has 6 atom stereocenters. The van der Waals surface area contributed by atoms with Crippen molar-refractivity contribution < 1.29 is 24.3 Å². The highest BCUT2D eigenvalue weighted by atomic mass is 16.3. The summed E-state index contributed by atoms with van der Waals surface area (Å²) in [4.78, 5) is 60.7. The number of fused-ring (bicyclic) bond motifs is 5. The number of benzene rings is 4. The number of phenols is 1. The standard InChI is InChI=1S/C43H41N3O5/c1-25-16-19-28(20-17-25)44-46-40(49)34-24-33-31(21-22-32-36(33)41(50)45(39(32)48)29-13-6-3-7-14-29)38(43(34,42(46)51)27-11-4-2-5-12-27)37-30-15-9-8-10-26(30)18-23-35(37)47/h2,4-5,8-12,15-21,23,29,32-34,36,38,44,47H,3,6-7,13-14,22,24H2,1H3. The van der Waals surface area contributed by atoms with Crippen molar-refractivity contribution in [3.8, 4) is 5.75 Å². The van der Waals surface area contributed by atoms with E-state index in [1.165, 1.54) is 5.01 Å². The number of nitrogens with zero attached hydrogens (tertiary/aromatic N) is 2. The molecular formula is C43H41N3O5. The van der Waals surface area contributed by atoms with Gasteiger partial charge in [-0.3, -0.25) is 29.5 Å². The van der Waals surface area contributed by atoms with Gasteiger partial charge in [-0.05, 0) is 73.1 Å². The Balaban J connectivity index is 1.27. The number of anilines is 1. The number of carbonyl (C=O) groups is 4. The molecule has 4 amide bonds. The van der Waals surface area contributed by atoms with Crippen LogP contribution in [0.2, 0.25) is 0 Å². The molecule has 9 rings (SSSR count). The van der Waals surface area contributed by atoms with E-state index in [9.17, 15) is 19.5 Å². The molecule has 51 heavy (non-hydrogen) atoms. The molecule has 3 aliphatic carbocycles. The number of nitrogens with one attached hydrogen (secondary N) is 1. The summed E-state index contributed by atoms with van der Waals surface area (Å²) >= 11 is 0. The molecule has 4 fully saturated rings. The number of rotatable bonds is 5. The summed E-state index contributed by atoms with van der Waals surface area (Å²) < 4.78 is 0. The summed E-state index contributed by atoms with van der Waals surface area (Å²) in [5.74, 6) is -4.26. The number of aryl methyl sites for hydroxylation is 1. The van der Waals surface area contributed by atoms with E-state index in [0.29, 0.717) is 23.2 Å². The number of hydrazine groups is 1. The normalized spacial score (nSPS) is 29.2. The monoisotopic (exact) mass is 679 g/mol. The van der Waals surface area contributed by atoms with Crippen LogP contribution in [0.25, 0.3) is 10.8 Å². The Hall–Kier alpha value is -5.24. The Morgan fingerprint density at radius 1 is 0.765 bits per heavy atom. The summed E-state index contributed by atoms with van der Waals surface area (Å²) in [6, 6.07) is 28.2. The van der Waals surface area contributed by atoms with Crippen molar-refractivity contribution in [3.63, 3.8) is 0 Å². The van der Waals surface area contributed by atoms with Gasteiger partial charge in [0.25, 0.3) is 11.8 Å². The minimum absolute atomic E-state index is 0.0271. The van der Waals surface area contributed by atoms with Gasteiger partial charge in [0, 0.05) is 17.5 Å². The van der Waals surface area contributed by atoms with Gasteiger partial charge in [0.15, 0.2) is 0 Å². The van der Waals surface area contributed by atoms with Crippen LogP contribution >= 0.6 is 0 Å². The molecule has 4 aromatic rings. The zero-order valence-corrected chi connectivity index (χ0v) is 28.6. The molecule has 2 N–H and O–H groups in total. The average molecular weight is 680 g/mol. The van der Waals surface area contributed by atoms with Crippen LogP contribution in [-0.2, 0) is 24.6 Å². The van der Waals surface area contributed by atoms with Gasteiger partial charge in [0.05, 0.1) is 28.9 Å². The van der Waals surface area contributed by atoms with Crippen molar-refractivity contribution in [1.82, 2.24) is 9.91 Å². The summed E-state index contributed by atoms with van der Waals surface area (Å²) in [6.07, 6.45) is 7.41. The highest BCUT2D eigenvalue weighted by Crippen LogP contribution is 2.65. The highest BCUT2D eigenvalue weighted by molar-refractivity contribution is 6.13. The van der Waals surface area contributed by atoms with Crippen LogP contribution in [0.3, 0.4) is 0 Å². The lowest BCUT2D eigenvalue weighted by atomic mass is 9.48. The van der Waals surface area contributed by atoms with Crippen LogP contribution in [0.15, 0.2) is 103 Å². The van der Waals surface area contributed by atoms with E-state index in [1.54, 1.807) is 11.0 Å². The fraction of sp³-hybridized carbons (Fsp3) is 0.349. The van der Waals surface area contributed by atoms with E-state index in [4.69, 9.17) is 0 Å². The number of carbonyl (C=O) groups excluding carboxylic acids is 4. The second-order valence-corrected chi connectivity index (χ2v) is 15.1. The number of likely N-dealkylation sites (tertiary alicyclic amines) is 1. The first-order chi connectivity index (χ1) is 24.8. The van der Waals surface area contributed by atoms with Gasteiger partial charge in [0.1, 0.15) is 5.75 Å². The van der Waals surface area contributed by atoms with Crippen molar-refractivity contribution in [2.75, 3.05) is 5.43 Å².